The lowest BCUT2D eigenvalue weighted by Gasteiger charge is -2.26. The van der Waals surface area contributed by atoms with Crippen molar-refractivity contribution in [3.63, 3.8) is 0 Å². The number of amides is 2. The quantitative estimate of drug-likeness (QED) is 0.891. The molecule has 1 fully saturated rings. The first-order valence-electron chi connectivity index (χ1n) is 8.38. The molecule has 0 radical (unpaired) electrons. The molecule has 2 aromatic rings. The number of aliphatic hydroxyl groups is 1. The SMILES string of the molecule is Cc1ccc(C#N)cc1NC(=O)N1CCCC1CC(O)c1ccco1. The van der Waals surface area contributed by atoms with E-state index in [9.17, 15) is 9.90 Å². The van der Waals surface area contributed by atoms with Crippen LogP contribution in [0.4, 0.5) is 10.5 Å². The molecule has 1 saturated heterocycles. The van der Waals surface area contributed by atoms with Crippen LogP contribution in [0.1, 0.15) is 42.3 Å². The van der Waals surface area contributed by atoms with Crippen molar-refractivity contribution >= 4 is 11.7 Å². The molecule has 25 heavy (non-hydrogen) atoms. The van der Waals surface area contributed by atoms with Crippen LogP contribution in [-0.4, -0.2) is 28.6 Å². The number of nitrogens with zero attached hydrogens (tertiary/aromatic N) is 2. The van der Waals surface area contributed by atoms with Crippen molar-refractivity contribution in [3.8, 4) is 6.07 Å². The topological polar surface area (TPSA) is 89.5 Å². The highest BCUT2D eigenvalue weighted by Gasteiger charge is 2.31. The van der Waals surface area contributed by atoms with Gasteiger partial charge in [-0.05, 0) is 49.6 Å². The van der Waals surface area contributed by atoms with Crippen LogP contribution in [0.2, 0.25) is 0 Å². The molecule has 6 nitrogen and oxygen atoms in total. The number of urea groups is 1. The van der Waals surface area contributed by atoms with E-state index in [0.29, 0.717) is 30.0 Å². The van der Waals surface area contributed by atoms with Crippen LogP contribution in [-0.2, 0) is 0 Å². The molecule has 0 saturated carbocycles. The first kappa shape index (κ1) is 17.1. The summed E-state index contributed by atoms with van der Waals surface area (Å²) in [5.41, 5.74) is 2.05. The first-order valence-corrected chi connectivity index (χ1v) is 8.38. The van der Waals surface area contributed by atoms with Gasteiger partial charge in [-0.2, -0.15) is 5.26 Å². The van der Waals surface area contributed by atoms with E-state index >= 15 is 0 Å². The van der Waals surface area contributed by atoms with E-state index in [1.807, 2.05) is 13.0 Å². The number of likely N-dealkylation sites (tertiary alicyclic amines) is 1. The lowest BCUT2D eigenvalue weighted by atomic mass is 10.1. The number of carbonyl (C=O) groups excluding carboxylic acids is 1. The summed E-state index contributed by atoms with van der Waals surface area (Å²) < 4.78 is 5.24. The minimum atomic E-state index is -0.725. The number of aryl methyl sites for hydroxylation is 1. The highest BCUT2D eigenvalue weighted by molar-refractivity contribution is 5.90. The molecule has 2 N–H and O–H groups in total. The average molecular weight is 339 g/mol. The number of rotatable bonds is 4. The maximum Gasteiger partial charge on any atom is 0.322 e. The molecule has 130 valence electrons. The highest BCUT2D eigenvalue weighted by Crippen LogP contribution is 2.28. The Balaban J connectivity index is 1.68. The van der Waals surface area contributed by atoms with Gasteiger partial charge in [0.25, 0.3) is 0 Å². The molecule has 1 aliphatic heterocycles. The fraction of sp³-hybridized carbons (Fsp3) is 0.368. The minimum absolute atomic E-state index is 0.0421. The third kappa shape index (κ3) is 3.83. The van der Waals surface area contributed by atoms with Crippen molar-refractivity contribution in [1.82, 2.24) is 4.90 Å². The molecular formula is C19H21N3O3. The Hall–Kier alpha value is -2.78. The van der Waals surface area contributed by atoms with Gasteiger partial charge in [-0.1, -0.05) is 6.07 Å². The molecule has 3 rings (SSSR count). The molecule has 2 atom stereocenters. The summed E-state index contributed by atoms with van der Waals surface area (Å²) in [6.07, 6.45) is 3.00. The lowest BCUT2D eigenvalue weighted by molar-refractivity contribution is 0.110. The van der Waals surface area contributed by atoms with E-state index in [1.165, 1.54) is 6.26 Å². The van der Waals surface area contributed by atoms with Gasteiger partial charge in [0.05, 0.1) is 17.9 Å². The van der Waals surface area contributed by atoms with E-state index in [0.717, 1.165) is 18.4 Å². The van der Waals surface area contributed by atoms with Gasteiger partial charge in [0.2, 0.25) is 0 Å². The Kier molecular flexibility index (Phi) is 5.05. The molecule has 6 heteroatoms. The van der Waals surface area contributed by atoms with Gasteiger partial charge in [-0.3, -0.25) is 0 Å². The fourth-order valence-corrected chi connectivity index (χ4v) is 3.22. The Labute approximate surface area is 146 Å². The Morgan fingerprint density at radius 1 is 1.52 bits per heavy atom. The smallest absolute Gasteiger partial charge is 0.322 e. The summed E-state index contributed by atoms with van der Waals surface area (Å²) in [5.74, 6) is 0.518. The molecule has 1 aromatic heterocycles. The third-order valence-electron chi connectivity index (χ3n) is 4.61. The third-order valence-corrected chi connectivity index (χ3v) is 4.61. The van der Waals surface area contributed by atoms with Gasteiger partial charge < -0.3 is 19.7 Å². The van der Waals surface area contributed by atoms with E-state index < -0.39 is 6.10 Å². The van der Waals surface area contributed by atoms with Crippen LogP contribution in [0.3, 0.4) is 0 Å². The number of furan rings is 1. The van der Waals surface area contributed by atoms with Crippen molar-refractivity contribution in [1.29, 1.82) is 5.26 Å². The Morgan fingerprint density at radius 2 is 2.36 bits per heavy atom. The lowest BCUT2D eigenvalue weighted by Crippen LogP contribution is -2.39. The average Bonchev–Trinajstić information content (AvgIpc) is 3.28. The number of nitrogens with one attached hydrogen (secondary N) is 1. The molecule has 1 aromatic carbocycles. The summed E-state index contributed by atoms with van der Waals surface area (Å²) >= 11 is 0. The second-order valence-corrected chi connectivity index (χ2v) is 6.33. The van der Waals surface area contributed by atoms with Crippen LogP contribution >= 0.6 is 0 Å². The van der Waals surface area contributed by atoms with Gasteiger partial charge in [0, 0.05) is 24.7 Å². The normalized spacial score (nSPS) is 18.0. The summed E-state index contributed by atoms with van der Waals surface area (Å²) in [4.78, 5) is 14.4. The summed E-state index contributed by atoms with van der Waals surface area (Å²) in [6, 6.07) is 10.5. The maximum absolute atomic E-state index is 12.7. The number of nitriles is 1. The van der Waals surface area contributed by atoms with Gasteiger partial charge in [0.15, 0.2) is 0 Å². The number of carbonyl (C=O) groups is 1. The van der Waals surface area contributed by atoms with E-state index in [1.54, 1.807) is 29.2 Å². The number of hydrogen-bond acceptors (Lipinski definition) is 4. The molecular weight excluding hydrogens is 318 g/mol. The van der Waals surface area contributed by atoms with E-state index in [2.05, 4.69) is 11.4 Å². The minimum Gasteiger partial charge on any atom is -0.467 e. The molecule has 0 spiro atoms. The van der Waals surface area contributed by atoms with Crippen molar-refractivity contribution in [3.05, 3.63) is 53.5 Å². The number of aliphatic hydroxyl groups excluding tert-OH is 1. The molecule has 0 bridgehead atoms. The van der Waals surface area contributed by atoms with Gasteiger partial charge in [-0.25, -0.2) is 4.79 Å². The zero-order valence-electron chi connectivity index (χ0n) is 14.1. The molecule has 0 aliphatic carbocycles. The zero-order valence-corrected chi connectivity index (χ0v) is 14.1. The van der Waals surface area contributed by atoms with Crippen molar-refractivity contribution < 1.29 is 14.3 Å². The van der Waals surface area contributed by atoms with Crippen LogP contribution in [0.5, 0.6) is 0 Å². The summed E-state index contributed by atoms with van der Waals surface area (Å²) in [7, 11) is 0. The van der Waals surface area contributed by atoms with Crippen molar-refractivity contribution in [2.75, 3.05) is 11.9 Å². The molecule has 2 heterocycles. The van der Waals surface area contributed by atoms with Crippen LogP contribution < -0.4 is 5.32 Å². The summed E-state index contributed by atoms with van der Waals surface area (Å²) in [5, 5.41) is 22.2. The number of hydrogen-bond donors (Lipinski definition) is 2. The van der Waals surface area contributed by atoms with Gasteiger partial charge in [-0.15, -0.1) is 0 Å². The second-order valence-electron chi connectivity index (χ2n) is 6.33. The van der Waals surface area contributed by atoms with Crippen LogP contribution in [0, 0.1) is 18.3 Å². The standard InChI is InChI=1S/C19H21N3O3/c1-13-6-7-14(12-20)10-16(13)21-19(24)22-8-2-4-15(22)11-17(23)18-5-3-9-25-18/h3,5-7,9-10,15,17,23H,2,4,8,11H2,1H3,(H,21,24). The van der Waals surface area contributed by atoms with Crippen molar-refractivity contribution in [2.24, 2.45) is 0 Å². The fourth-order valence-electron chi connectivity index (χ4n) is 3.22. The van der Waals surface area contributed by atoms with Gasteiger partial charge in [0.1, 0.15) is 11.9 Å². The highest BCUT2D eigenvalue weighted by atomic mass is 16.4. The largest absolute Gasteiger partial charge is 0.467 e. The first-order chi connectivity index (χ1) is 12.1. The van der Waals surface area contributed by atoms with Crippen molar-refractivity contribution in [2.45, 2.75) is 38.3 Å². The summed E-state index contributed by atoms with van der Waals surface area (Å²) in [6.45, 7) is 2.54. The van der Waals surface area contributed by atoms with Crippen LogP contribution in [0.15, 0.2) is 41.0 Å². The molecule has 1 aliphatic rings. The Morgan fingerprint density at radius 3 is 3.08 bits per heavy atom. The molecule has 2 amide bonds. The zero-order chi connectivity index (χ0) is 17.8. The maximum atomic E-state index is 12.7. The second kappa shape index (κ2) is 7.41. The van der Waals surface area contributed by atoms with E-state index in [-0.39, 0.29) is 12.1 Å². The number of benzene rings is 1. The van der Waals surface area contributed by atoms with Crippen LogP contribution in [0.25, 0.3) is 0 Å². The predicted octanol–water partition coefficient (Wildman–Crippen LogP) is 3.58. The predicted molar refractivity (Wildman–Crippen MR) is 92.9 cm³/mol. The van der Waals surface area contributed by atoms with Gasteiger partial charge >= 0.3 is 6.03 Å². The number of anilines is 1. The monoisotopic (exact) mass is 339 g/mol. The van der Waals surface area contributed by atoms with E-state index in [4.69, 9.17) is 9.68 Å². The Bertz CT molecular complexity index is 780. The molecule has 2 unspecified atom stereocenters.